The van der Waals surface area contributed by atoms with Crippen LogP contribution in [0.2, 0.25) is 0 Å². The van der Waals surface area contributed by atoms with Gasteiger partial charge in [0, 0.05) is 33.6 Å². The summed E-state index contributed by atoms with van der Waals surface area (Å²) in [6.45, 7) is 7.26. The second-order valence-electron chi connectivity index (χ2n) is 8.95. The molecule has 1 N–H and O–H groups in total. The molecule has 0 bridgehead atoms. The predicted octanol–water partition coefficient (Wildman–Crippen LogP) is 7.05. The molecule has 3 aromatic carbocycles. The lowest BCUT2D eigenvalue weighted by atomic mass is 9.90. The van der Waals surface area contributed by atoms with Crippen molar-refractivity contribution in [2.75, 3.05) is 0 Å². The summed E-state index contributed by atoms with van der Waals surface area (Å²) in [4.78, 5) is 10.7. The minimum absolute atomic E-state index is 0.695. The van der Waals surface area contributed by atoms with E-state index in [-0.39, 0.29) is 0 Å². The molecule has 0 fully saturated rings. The maximum absolute atomic E-state index is 10.3. The van der Waals surface area contributed by atoms with Gasteiger partial charge in [-0.2, -0.15) is 0 Å². The van der Waals surface area contributed by atoms with Gasteiger partial charge in [0.05, 0.1) is 17.0 Å². The molecule has 0 amide bonds. The molecule has 1 heterocycles. The van der Waals surface area contributed by atoms with Crippen molar-refractivity contribution in [3.05, 3.63) is 91.0 Å². The van der Waals surface area contributed by atoms with Crippen LogP contribution in [0.25, 0.3) is 33.9 Å². The average molecular weight is 457 g/mol. The van der Waals surface area contributed by atoms with Crippen LogP contribution >= 0.6 is 12.0 Å². The normalized spacial score (nSPS) is 12.0. The number of benzene rings is 3. The highest BCUT2D eigenvalue weighted by atomic mass is 32.2. The highest BCUT2D eigenvalue weighted by Gasteiger charge is 2.36. The lowest BCUT2D eigenvalue weighted by Crippen LogP contribution is -2.45. The Morgan fingerprint density at radius 2 is 1.15 bits per heavy atom. The van der Waals surface area contributed by atoms with Gasteiger partial charge in [-0.25, -0.2) is 9.97 Å². The SMILES string of the molecule is CC(C)(O)C(C)(C)OSc1ccc(-c2cc(-c3ccccc3)nc(-c3ccccc3)n2)cc1. The first-order valence-corrected chi connectivity index (χ1v) is 11.7. The lowest BCUT2D eigenvalue weighted by Gasteiger charge is -2.35. The van der Waals surface area contributed by atoms with Gasteiger partial charge in [0.2, 0.25) is 0 Å². The molecule has 4 rings (SSSR count). The minimum atomic E-state index is -0.956. The molecule has 0 unspecified atom stereocenters. The van der Waals surface area contributed by atoms with Gasteiger partial charge in [-0.05, 0) is 45.9 Å². The Hall–Kier alpha value is -2.99. The Labute approximate surface area is 199 Å². The van der Waals surface area contributed by atoms with E-state index in [1.807, 2.05) is 92.7 Å². The zero-order chi connectivity index (χ0) is 23.5. The van der Waals surface area contributed by atoms with E-state index in [1.54, 1.807) is 13.8 Å². The number of rotatable bonds is 7. The fourth-order valence-corrected chi connectivity index (χ4v) is 3.76. The predicted molar refractivity (Wildman–Crippen MR) is 136 cm³/mol. The first-order chi connectivity index (χ1) is 15.7. The van der Waals surface area contributed by atoms with Crippen LogP contribution in [0.3, 0.4) is 0 Å². The third kappa shape index (κ3) is 5.50. The first-order valence-electron chi connectivity index (χ1n) is 10.9. The van der Waals surface area contributed by atoms with Crippen LogP contribution in [0.1, 0.15) is 27.7 Å². The van der Waals surface area contributed by atoms with Crippen LogP contribution < -0.4 is 0 Å². The van der Waals surface area contributed by atoms with Crippen molar-refractivity contribution in [2.45, 2.75) is 43.8 Å². The molecular weight excluding hydrogens is 428 g/mol. The van der Waals surface area contributed by atoms with Gasteiger partial charge in [-0.1, -0.05) is 72.8 Å². The molecule has 0 aliphatic heterocycles. The zero-order valence-electron chi connectivity index (χ0n) is 19.3. The summed E-state index contributed by atoms with van der Waals surface area (Å²) in [6, 6.07) is 30.3. The molecule has 4 aromatic rings. The molecule has 0 saturated heterocycles. The van der Waals surface area contributed by atoms with E-state index in [1.165, 1.54) is 12.0 Å². The topological polar surface area (TPSA) is 55.2 Å². The summed E-state index contributed by atoms with van der Waals surface area (Å²) in [7, 11) is 0. The molecule has 4 nitrogen and oxygen atoms in total. The van der Waals surface area contributed by atoms with E-state index in [9.17, 15) is 5.11 Å². The summed E-state index contributed by atoms with van der Waals surface area (Å²) in [5.41, 5.74) is 3.11. The second-order valence-corrected chi connectivity index (χ2v) is 9.76. The maximum atomic E-state index is 10.3. The molecule has 0 radical (unpaired) electrons. The van der Waals surface area contributed by atoms with Crippen LogP contribution in [-0.4, -0.2) is 26.3 Å². The van der Waals surface area contributed by atoms with Crippen molar-refractivity contribution in [1.82, 2.24) is 9.97 Å². The van der Waals surface area contributed by atoms with Gasteiger partial charge in [-0.3, -0.25) is 0 Å². The molecule has 0 saturated carbocycles. The van der Waals surface area contributed by atoms with Crippen LogP contribution in [0.5, 0.6) is 0 Å². The molecule has 0 spiro atoms. The Kier molecular flexibility index (Phi) is 6.66. The molecule has 0 aliphatic rings. The van der Waals surface area contributed by atoms with Gasteiger partial charge >= 0.3 is 0 Å². The van der Waals surface area contributed by atoms with E-state index in [2.05, 4.69) is 12.1 Å². The van der Waals surface area contributed by atoms with E-state index < -0.39 is 11.2 Å². The largest absolute Gasteiger partial charge is 0.387 e. The molecule has 0 atom stereocenters. The highest BCUT2D eigenvalue weighted by molar-refractivity contribution is 7.94. The summed E-state index contributed by atoms with van der Waals surface area (Å²) >= 11 is 1.27. The molecule has 168 valence electrons. The van der Waals surface area contributed by atoms with E-state index in [0.29, 0.717) is 5.82 Å². The minimum Gasteiger partial charge on any atom is -0.387 e. The summed E-state index contributed by atoms with van der Waals surface area (Å²) in [5.74, 6) is 0.695. The number of aliphatic hydroxyl groups is 1. The van der Waals surface area contributed by atoms with Crippen LogP contribution in [-0.2, 0) is 4.18 Å². The van der Waals surface area contributed by atoms with Crippen LogP contribution in [0, 0.1) is 0 Å². The van der Waals surface area contributed by atoms with Crippen LogP contribution in [0.15, 0.2) is 95.9 Å². The summed E-state index contributed by atoms with van der Waals surface area (Å²) in [5, 5.41) is 10.3. The van der Waals surface area contributed by atoms with E-state index in [0.717, 1.165) is 33.0 Å². The first kappa shape index (κ1) is 23.2. The van der Waals surface area contributed by atoms with Gasteiger partial charge < -0.3 is 9.29 Å². The van der Waals surface area contributed by atoms with Crippen molar-refractivity contribution >= 4 is 12.0 Å². The fraction of sp³-hybridized carbons (Fsp3) is 0.214. The molecular formula is C28H28N2O2S. The van der Waals surface area contributed by atoms with Crippen molar-refractivity contribution in [3.8, 4) is 33.9 Å². The lowest BCUT2D eigenvalue weighted by molar-refractivity contribution is -0.0813. The summed E-state index contributed by atoms with van der Waals surface area (Å²) in [6.07, 6.45) is 0. The van der Waals surface area contributed by atoms with Gasteiger partial charge in [-0.15, -0.1) is 0 Å². The Morgan fingerprint density at radius 3 is 1.67 bits per heavy atom. The standard InChI is InChI=1S/C28H28N2O2S/c1-27(2,31)28(3,4)32-33-23-17-15-21(16-18-23)25-19-24(20-11-7-5-8-12-20)29-26(30-25)22-13-9-6-10-14-22/h5-19,31H,1-4H3. The van der Waals surface area contributed by atoms with E-state index >= 15 is 0 Å². The molecule has 0 aliphatic carbocycles. The van der Waals surface area contributed by atoms with Crippen molar-refractivity contribution in [1.29, 1.82) is 0 Å². The third-order valence-electron chi connectivity index (χ3n) is 5.80. The molecule has 1 aromatic heterocycles. The van der Waals surface area contributed by atoms with Crippen molar-refractivity contribution in [3.63, 3.8) is 0 Å². The summed E-state index contributed by atoms with van der Waals surface area (Å²) < 4.78 is 5.92. The van der Waals surface area contributed by atoms with Gasteiger partial charge in [0.15, 0.2) is 5.82 Å². The number of nitrogens with zero attached hydrogens (tertiary/aromatic N) is 2. The fourth-order valence-electron chi connectivity index (χ4n) is 3.00. The van der Waals surface area contributed by atoms with Gasteiger partial charge in [0.25, 0.3) is 0 Å². The average Bonchev–Trinajstić information content (AvgIpc) is 2.83. The van der Waals surface area contributed by atoms with Gasteiger partial charge in [0.1, 0.15) is 5.60 Å². The molecule has 5 heteroatoms. The monoisotopic (exact) mass is 456 g/mol. The highest BCUT2D eigenvalue weighted by Crippen LogP contribution is 2.34. The van der Waals surface area contributed by atoms with Crippen molar-refractivity contribution in [2.24, 2.45) is 0 Å². The number of hydrogen-bond acceptors (Lipinski definition) is 5. The molecule has 33 heavy (non-hydrogen) atoms. The quantitative estimate of drug-likeness (QED) is 0.302. The Morgan fingerprint density at radius 1 is 0.667 bits per heavy atom. The third-order valence-corrected chi connectivity index (χ3v) is 6.76. The van der Waals surface area contributed by atoms with Crippen LogP contribution in [0.4, 0.5) is 0 Å². The van der Waals surface area contributed by atoms with Crippen molar-refractivity contribution < 1.29 is 9.29 Å². The van der Waals surface area contributed by atoms with E-state index in [4.69, 9.17) is 14.2 Å². The smallest absolute Gasteiger partial charge is 0.160 e. The second kappa shape index (κ2) is 9.48. The Bertz CT molecular complexity index is 1140. The number of hydrogen-bond donors (Lipinski definition) is 1. The zero-order valence-corrected chi connectivity index (χ0v) is 20.1. The maximum Gasteiger partial charge on any atom is 0.160 e. The number of aromatic nitrogens is 2. The Balaban J connectivity index is 1.65.